The quantitative estimate of drug-likeness (QED) is 0.742. The molecule has 2 unspecified atom stereocenters. The minimum Gasteiger partial charge on any atom is -0.348 e. The van der Waals surface area contributed by atoms with Crippen LogP contribution in [0.5, 0.6) is 0 Å². The molecule has 0 saturated heterocycles. The van der Waals surface area contributed by atoms with Crippen molar-refractivity contribution >= 4 is 11.8 Å². The van der Waals surface area contributed by atoms with Crippen LogP contribution in [0.4, 0.5) is 0 Å². The van der Waals surface area contributed by atoms with Gasteiger partial charge in [0.05, 0.1) is 6.04 Å². The molecule has 4 nitrogen and oxygen atoms in total. The molecule has 1 aromatic carbocycles. The molecular formula is C23H36N2O2. The normalized spacial score (nSPS) is 22.3. The second kappa shape index (κ2) is 9.91. The van der Waals surface area contributed by atoms with E-state index in [1.165, 1.54) is 0 Å². The summed E-state index contributed by atoms with van der Waals surface area (Å²) in [5, 5.41) is 6.09. The maximum absolute atomic E-state index is 12.8. The fraction of sp³-hybridized carbons (Fsp3) is 0.652. The Kier molecular flexibility index (Phi) is 7.88. The van der Waals surface area contributed by atoms with E-state index in [4.69, 9.17) is 0 Å². The third-order valence-corrected chi connectivity index (χ3v) is 5.99. The van der Waals surface area contributed by atoms with Gasteiger partial charge in [-0.25, -0.2) is 0 Å². The summed E-state index contributed by atoms with van der Waals surface area (Å²) >= 11 is 0. The van der Waals surface area contributed by atoms with Crippen molar-refractivity contribution in [2.45, 2.75) is 72.4 Å². The molecule has 0 radical (unpaired) electrons. The van der Waals surface area contributed by atoms with Crippen LogP contribution in [0.1, 0.15) is 71.9 Å². The van der Waals surface area contributed by atoms with E-state index < -0.39 is 6.04 Å². The maximum atomic E-state index is 12.8. The maximum Gasteiger partial charge on any atom is 0.243 e. The summed E-state index contributed by atoms with van der Waals surface area (Å²) in [7, 11) is 0. The van der Waals surface area contributed by atoms with Gasteiger partial charge in [-0.1, -0.05) is 58.0 Å². The molecule has 27 heavy (non-hydrogen) atoms. The fourth-order valence-electron chi connectivity index (χ4n) is 3.98. The van der Waals surface area contributed by atoms with Gasteiger partial charge in [-0.3, -0.25) is 9.59 Å². The van der Waals surface area contributed by atoms with Gasteiger partial charge in [0.1, 0.15) is 6.04 Å². The van der Waals surface area contributed by atoms with Crippen molar-refractivity contribution in [3.63, 3.8) is 0 Å². The molecule has 0 aromatic heterocycles. The van der Waals surface area contributed by atoms with Crippen LogP contribution < -0.4 is 10.6 Å². The molecule has 0 heterocycles. The second-order valence-corrected chi connectivity index (χ2v) is 8.73. The van der Waals surface area contributed by atoms with Crippen LogP contribution in [0, 0.1) is 23.7 Å². The first-order chi connectivity index (χ1) is 12.8. The van der Waals surface area contributed by atoms with Crippen molar-refractivity contribution in [3.05, 3.63) is 35.9 Å². The highest BCUT2D eigenvalue weighted by Crippen LogP contribution is 2.33. The number of benzene rings is 1. The molecule has 1 aromatic rings. The number of nitrogens with one attached hydrogen (secondary N) is 2. The monoisotopic (exact) mass is 372 g/mol. The molecular weight excluding hydrogens is 336 g/mol. The summed E-state index contributed by atoms with van der Waals surface area (Å²) in [5.41, 5.74) is 1.06. The van der Waals surface area contributed by atoms with Gasteiger partial charge in [-0.2, -0.15) is 0 Å². The van der Waals surface area contributed by atoms with Crippen LogP contribution in [-0.4, -0.2) is 17.9 Å². The van der Waals surface area contributed by atoms with Crippen LogP contribution in [-0.2, 0) is 9.59 Å². The van der Waals surface area contributed by atoms with Crippen molar-refractivity contribution in [2.75, 3.05) is 0 Å². The number of hydrogen-bond donors (Lipinski definition) is 2. The SMILES string of the molecule is CC(NC(=O)C(NC(=O)C1CCC(C(C)C)CC1)C(C)C)c1ccccc1. The number of carbonyl (C=O) groups excluding carboxylic acids is 2. The van der Waals surface area contributed by atoms with Crippen molar-refractivity contribution in [1.82, 2.24) is 10.6 Å². The Bertz CT molecular complexity index is 604. The minimum absolute atomic E-state index is 0.0402. The second-order valence-electron chi connectivity index (χ2n) is 8.73. The third-order valence-electron chi connectivity index (χ3n) is 5.99. The van der Waals surface area contributed by atoms with E-state index in [2.05, 4.69) is 24.5 Å². The molecule has 2 amide bonds. The van der Waals surface area contributed by atoms with Gasteiger partial charge in [-0.05, 0) is 55.9 Å². The van der Waals surface area contributed by atoms with E-state index in [1.807, 2.05) is 51.1 Å². The van der Waals surface area contributed by atoms with Gasteiger partial charge in [0.25, 0.3) is 0 Å². The van der Waals surface area contributed by atoms with E-state index in [0.717, 1.165) is 37.2 Å². The minimum atomic E-state index is -0.494. The number of amides is 2. The molecule has 1 fully saturated rings. The van der Waals surface area contributed by atoms with Crippen LogP contribution in [0.2, 0.25) is 0 Å². The highest BCUT2D eigenvalue weighted by Gasteiger charge is 2.31. The first kappa shape index (κ1) is 21.5. The molecule has 1 saturated carbocycles. The molecule has 150 valence electrons. The van der Waals surface area contributed by atoms with Gasteiger partial charge >= 0.3 is 0 Å². The largest absolute Gasteiger partial charge is 0.348 e. The lowest BCUT2D eigenvalue weighted by molar-refractivity contribution is -0.133. The summed E-state index contributed by atoms with van der Waals surface area (Å²) in [6.07, 6.45) is 4.09. The summed E-state index contributed by atoms with van der Waals surface area (Å²) in [6, 6.07) is 9.32. The first-order valence-corrected chi connectivity index (χ1v) is 10.4. The van der Waals surface area contributed by atoms with E-state index in [1.54, 1.807) is 0 Å². The first-order valence-electron chi connectivity index (χ1n) is 10.4. The van der Waals surface area contributed by atoms with Crippen LogP contribution in [0.25, 0.3) is 0 Å². The number of carbonyl (C=O) groups is 2. The third kappa shape index (κ3) is 6.08. The molecule has 4 heteroatoms. The van der Waals surface area contributed by atoms with Crippen molar-refractivity contribution in [2.24, 2.45) is 23.7 Å². The zero-order chi connectivity index (χ0) is 20.0. The van der Waals surface area contributed by atoms with E-state index in [9.17, 15) is 9.59 Å². The lowest BCUT2D eigenvalue weighted by Gasteiger charge is -2.32. The molecule has 0 spiro atoms. The predicted octanol–water partition coefficient (Wildman–Crippen LogP) is 4.47. The highest BCUT2D eigenvalue weighted by atomic mass is 16.2. The van der Waals surface area contributed by atoms with Gasteiger partial charge < -0.3 is 10.6 Å². The van der Waals surface area contributed by atoms with Gasteiger partial charge in [0.15, 0.2) is 0 Å². The smallest absolute Gasteiger partial charge is 0.243 e. The molecule has 0 aliphatic heterocycles. The average molecular weight is 373 g/mol. The van der Waals surface area contributed by atoms with Crippen molar-refractivity contribution < 1.29 is 9.59 Å². The van der Waals surface area contributed by atoms with Crippen molar-refractivity contribution in [3.8, 4) is 0 Å². The molecule has 2 rings (SSSR count). The summed E-state index contributed by atoms with van der Waals surface area (Å²) < 4.78 is 0. The fourth-order valence-corrected chi connectivity index (χ4v) is 3.98. The van der Waals surface area contributed by atoms with Crippen LogP contribution in [0.3, 0.4) is 0 Å². The van der Waals surface area contributed by atoms with E-state index in [0.29, 0.717) is 5.92 Å². The molecule has 2 N–H and O–H groups in total. The summed E-state index contributed by atoms with van der Waals surface area (Å²) in [4.78, 5) is 25.6. The molecule has 1 aliphatic rings. The zero-order valence-corrected chi connectivity index (χ0v) is 17.5. The topological polar surface area (TPSA) is 58.2 Å². The molecule has 1 aliphatic carbocycles. The number of rotatable bonds is 7. The van der Waals surface area contributed by atoms with Gasteiger partial charge in [-0.15, -0.1) is 0 Å². The van der Waals surface area contributed by atoms with Crippen molar-refractivity contribution in [1.29, 1.82) is 0 Å². The Morgan fingerprint density at radius 2 is 1.48 bits per heavy atom. The predicted molar refractivity (Wildman–Crippen MR) is 110 cm³/mol. The van der Waals surface area contributed by atoms with Crippen LogP contribution >= 0.6 is 0 Å². The Balaban J connectivity index is 1.92. The summed E-state index contributed by atoms with van der Waals surface area (Å²) in [5.74, 6) is 1.43. The Morgan fingerprint density at radius 3 is 2.00 bits per heavy atom. The molecule has 2 atom stereocenters. The van der Waals surface area contributed by atoms with Crippen LogP contribution in [0.15, 0.2) is 30.3 Å². The Morgan fingerprint density at radius 1 is 0.889 bits per heavy atom. The lowest BCUT2D eigenvalue weighted by atomic mass is 9.76. The standard InChI is InChI=1S/C23H36N2O2/c1-15(2)18-11-13-20(14-12-18)22(26)25-21(16(3)4)23(27)24-17(5)19-9-7-6-8-10-19/h6-10,15-18,20-21H,11-14H2,1-5H3,(H,24,27)(H,25,26). The van der Waals surface area contributed by atoms with E-state index in [-0.39, 0.29) is 29.7 Å². The Labute approximate surface area is 164 Å². The van der Waals surface area contributed by atoms with Gasteiger partial charge in [0, 0.05) is 5.92 Å². The molecule has 0 bridgehead atoms. The highest BCUT2D eigenvalue weighted by molar-refractivity contribution is 5.88. The lowest BCUT2D eigenvalue weighted by Crippen LogP contribution is -2.51. The zero-order valence-electron chi connectivity index (χ0n) is 17.5. The number of hydrogen-bond acceptors (Lipinski definition) is 2. The Hall–Kier alpha value is -1.84. The summed E-state index contributed by atoms with van der Waals surface area (Å²) in [6.45, 7) is 10.5. The van der Waals surface area contributed by atoms with Gasteiger partial charge in [0.2, 0.25) is 11.8 Å². The van der Waals surface area contributed by atoms with E-state index >= 15 is 0 Å². The average Bonchev–Trinajstić information content (AvgIpc) is 2.66.